The Labute approximate surface area is 271 Å². The van der Waals surface area contributed by atoms with E-state index in [4.69, 9.17) is 9.47 Å². The molecule has 0 unspecified atom stereocenters. The van der Waals surface area contributed by atoms with Crippen molar-refractivity contribution in [2.24, 2.45) is 0 Å². The molecule has 5 aromatic rings. The lowest BCUT2D eigenvalue weighted by Gasteiger charge is -2.26. The number of hydrogen-bond donors (Lipinski definition) is 0. The molecule has 0 aliphatic rings. The van der Waals surface area contributed by atoms with Crippen LogP contribution in [0.1, 0.15) is 88.5 Å². The van der Waals surface area contributed by atoms with Crippen LogP contribution in [-0.2, 0) is 6.42 Å². The first kappa shape index (κ1) is 32.1. The molecule has 0 spiro atoms. The van der Waals surface area contributed by atoms with Crippen LogP contribution in [0, 0.1) is 0 Å². The summed E-state index contributed by atoms with van der Waals surface area (Å²) in [6, 6.07) is 35.8. The summed E-state index contributed by atoms with van der Waals surface area (Å²) in [4.78, 5) is 0. The van der Waals surface area contributed by atoms with Gasteiger partial charge in [0.2, 0.25) is 0 Å². The van der Waals surface area contributed by atoms with Gasteiger partial charge in [-0.15, -0.1) is 0 Å². The monoisotopic (exact) mass is 596 g/mol. The maximum atomic E-state index is 6.52. The lowest BCUT2D eigenvalue weighted by molar-refractivity contribution is 0.408. The molecule has 0 aliphatic heterocycles. The highest BCUT2D eigenvalue weighted by molar-refractivity contribution is 6.05. The van der Waals surface area contributed by atoms with E-state index in [9.17, 15) is 0 Å². The summed E-state index contributed by atoms with van der Waals surface area (Å²) in [6.45, 7) is 15.6. The first-order valence-electron chi connectivity index (χ1n) is 16.4. The number of methoxy groups -OCH3 is 2. The van der Waals surface area contributed by atoms with Crippen LogP contribution in [0.4, 0.5) is 0 Å². The molecular weight excluding hydrogens is 548 g/mol. The Bertz CT molecular complexity index is 1720. The molecule has 2 heteroatoms. The fourth-order valence-corrected chi connectivity index (χ4v) is 6.23. The van der Waals surface area contributed by atoms with E-state index in [1.807, 2.05) is 0 Å². The number of benzene rings is 5. The highest BCUT2D eigenvalue weighted by Crippen LogP contribution is 2.56. The molecular formula is C43H48O2. The SMILES string of the molecule is CCc1ccc(-c2c(OC)c(-c3ccc(C(C)C)cc3)c(-c3ccc(C(C)C)cc3)c(OC)c2-c2ccc(C(C)C)cc2)cc1. The molecule has 0 saturated heterocycles. The quantitative estimate of drug-likeness (QED) is 0.160. The molecule has 0 aromatic heterocycles. The van der Waals surface area contributed by atoms with Gasteiger partial charge in [0.05, 0.1) is 14.2 Å². The Morgan fingerprint density at radius 3 is 0.844 bits per heavy atom. The summed E-state index contributed by atoms with van der Waals surface area (Å²) < 4.78 is 13.0. The van der Waals surface area contributed by atoms with Crippen molar-refractivity contribution in [3.8, 4) is 56.0 Å². The molecule has 5 rings (SSSR count). The Hall–Kier alpha value is -4.30. The Kier molecular flexibility index (Phi) is 9.83. The van der Waals surface area contributed by atoms with Crippen LogP contribution in [0.5, 0.6) is 11.5 Å². The second kappa shape index (κ2) is 13.8. The number of hydrogen-bond acceptors (Lipinski definition) is 2. The van der Waals surface area contributed by atoms with Gasteiger partial charge in [-0.05, 0) is 68.7 Å². The second-order valence-electron chi connectivity index (χ2n) is 12.9. The summed E-state index contributed by atoms with van der Waals surface area (Å²) in [6.07, 6.45) is 0.989. The summed E-state index contributed by atoms with van der Waals surface area (Å²) in [7, 11) is 3.60. The van der Waals surface area contributed by atoms with Crippen LogP contribution in [0.2, 0.25) is 0 Å². The van der Waals surface area contributed by atoms with Crippen molar-refractivity contribution in [2.45, 2.75) is 72.6 Å². The minimum Gasteiger partial charge on any atom is -0.495 e. The first-order valence-corrected chi connectivity index (χ1v) is 16.4. The maximum Gasteiger partial charge on any atom is 0.136 e. The van der Waals surface area contributed by atoms with E-state index in [1.165, 1.54) is 22.3 Å². The molecule has 0 heterocycles. The molecule has 0 N–H and O–H groups in total. The van der Waals surface area contributed by atoms with Gasteiger partial charge in [-0.1, -0.05) is 146 Å². The second-order valence-corrected chi connectivity index (χ2v) is 12.9. The molecule has 0 amide bonds. The highest BCUT2D eigenvalue weighted by Gasteiger charge is 2.29. The summed E-state index contributed by atoms with van der Waals surface area (Å²) in [5.41, 5.74) is 13.8. The number of rotatable bonds is 10. The van der Waals surface area contributed by atoms with Gasteiger partial charge in [-0.2, -0.15) is 0 Å². The fourth-order valence-electron chi connectivity index (χ4n) is 6.23. The Morgan fingerprint density at radius 2 is 0.644 bits per heavy atom. The molecule has 5 aromatic carbocycles. The van der Waals surface area contributed by atoms with Crippen molar-refractivity contribution in [3.63, 3.8) is 0 Å². The lowest BCUT2D eigenvalue weighted by atomic mass is 9.82. The van der Waals surface area contributed by atoms with Crippen LogP contribution in [0.25, 0.3) is 44.5 Å². The van der Waals surface area contributed by atoms with E-state index in [2.05, 4.69) is 146 Å². The van der Waals surface area contributed by atoms with E-state index in [0.29, 0.717) is 17.8 Å². The van der Waals surface area contributed by atoms with E-state index >= 15 is 0 Å². The van der Waals surface area contributed by atoms with Gasteiger partial charge in [0.25, 0.3) is 0 Å². The predicted molar refractivity (Wildman–Crippen MR) is 193 cm³/mol. The van der Waals surface area contributed by atoms with Gasteiger partial charge in [0.15, 0.2) is 0 Å². The van der Waals surface area contributed by atoms with E-state index in [0.717, 1.165) is 62.4 Å². The Balaban J connectivity index is 1.95. The van der Waals surface area contributed by atoms with Crippen LogP contribution in [0.15, 0.2) is 97.1 Å². The molecule has 0 radical (unpaired) electrons. The van der Waals surface area contributed by atoms with Crippen molar-refractivity contribution < 1.29 is 9.47 Å². The zero-order valence-corrected chi connectivity index (χ0v) is 28.5. The largest absolute Gasteiger partial charge is 0.495 e. The van der Waals surface area contributed by atoms with Crippen molar-refractivity contribution in [2.75, 3.05) is 14.2 Å². The standard InChI is InChI=1S/C43H48O2/c1-10-30-11-13-34(14-12-30)38-39(35-21-15-31(16-22-35)27(2)3)43(45-9)41(37-25-19-33(20-26-37)29(6)7)40(42(38)44-8)36-23-17-32(18-24-36)28(4)5/h11-29H,10H2,1-9H3. The van der Waals surface area contributed by atoms with Crippen molar-refractivity contribution in [1.29, 1.82) is 0 Å². The Morgan fingerprint density at radius 1 is 0.400 bits per heavy atom. The molecule has 232 valence electrons. The predicted octanol–water partition coefficient (Wildman–Crippen LogP) is 12.3. The third-order valence-electron chi connectivity index (χ3n) is 9.07. The molecule has 0 aliphatic carbocycles. The molecule has 0 atom stereocenters. The minimum atomic E-state index is 0.446. The lowest BCUT2D eigenvalue weighted by Crippen LogP contribution is -2.03. The topological polar surface area (TPSA) is 18.5 Å². The third-order valence-corrected chi connectivity index (χ3v) is 9.07. The average Bonchev–Trinajstić information content (AvgIpc) is 3.07. The molecule has 0 fully saturated rings. The fraction of sp³-hybridized carbons (Fsp3) is 0.302. The van der Waals surface area contributed by atoms with E-state index in [-0.39, 0.29) is 0 Å². The van der Waals surface area contributed by atoms with Crippen LogP contribution in [0.3, 0.4) is 0 Å². The number of aryl methyl sites for hydroxylation is 1. The maximum absolute atomic E-state index is 6.52. The van der Waals surface area contributed by atoms with Gasteiger partial charge < -0.3 is 9.47 Å². The van der Waals surface area contributed by atoms with Crippen LogP contribution >= 0.6 is 0 Å². The van der Waals surface area contributed by atoms with Gasteiger partial charge in [0.1, 0.15) is 11.5 Å². The summed E-state index contributed by atoms with van der Waals surface area (Å²) in [5.74, 6) is 3.04. The zero-order chi connectivity index (χ0) is 32.2. The van der Waals surface area contributed by atoms with Gasteiger partial charge in [0, 0.05) is 22.3 Å². The van der Waals surface area contributed by atoms with E-state index < -0.39 is 0 Å². The van der Waals surface area contributed by atoms with Gasteiger partial charge >= 0.3 is 0 Å². The molecule has 0 bridgehead atoms. The molecule has 2 nitrogen and oxygen atoms in total. The van der Waals surface area contributed by atoms with Crippen molar-refractivity contribution in [3.05, 3.63) is 119 Å². The first-order chi connectivity index (χ1) is 21.7. The van der Waals surface area contributed by atoms with Crippen molar-refractivity contribution >= 4 is 0 Å². The average molecular weight is 597 g/mol. The van der Waals surface area contributed by atoms with Crippen LogP contribution in [-0.4, -0.2) is 14.2 Å². The zero-order valence-electron chi connectivity index (χ0n) is 28.5. The summed E-state index contributed by atoms with van der Waals surface area (Å²) >= 11 is 0. The minimum absolute atomic E-state index is 0.446. The molecule has 45 heavy (non-hydrogen) atoms. The smallest absolute Gasteiger partial charge is 0.136 e. The van der Waals surface area contributed by atoms with Crippen LogP contribution < -0.4 is 9.47 Å². The highest BCUT2D eigenvalue weighted by atomic mass is 16.5. The van der Waals surface area contributed by atoms with Gasteiger partial charge in [-0.3, -0.25) is 0 Å². The molecule has 0 saturated carbocycles. The van der Waals surface area contributed by atoms with Gasteiger partial charge in [-0.25, -0.2) is 0 Å². The normalized spacial score (nSPS) is 11.5. The third kappa shape index (κ3) is 6.43. The summed E-state index contributed by atoms with van der Waals surface area (Å²) in [5, 5.41) is 0. The van der Waals surface area contributed by atoms with E-state index in [1.54, 1.807) is 14.2 Å². The number of ether oxygens (including phenoxy) is 2. The van der Waals surface area contributed by atoms with Crippen molar-refractivity contribution in [1.82, 2.24) is 0 Å².